The van der Waals surface area contributed by atoms with Gasteiger partial charge in [-0.2, -0.15) is 5.10 Å². The highest BCUT2D eigenvalue weighted by Crippen LogP contribution is 2.35. The van der Waals surface area contributed by atoms with Gasteiger partial charge in [-0.25, -0.2) is 23.4 Å². The number of carbonyl (C=O) groups is 1. The third kappa shape index (κ3) is 5.71. The Morgan fingerprint density at radius 1 is 1.38 bits per heavy atom. The van der Waals surface area contributed by atoms with Gasteiger partial charge in [0.25, 0.3) is 0 Å². The lowest BCUT2D eigenvalue weighted by molar-refractivity contribution is 0.168. The Morgan fingerprint density at radius 2 is 2.16 bits per heavy atom. The average Bonchev–Trinajstić information content (AvgIpc) is 3.24. The zero-order valence-corrected chi connectivity index (χ0v) is 19.0. The first-order chi connectivity index (χ1) is 15.3. The van der Waals surface area contributed by atoms with Crippen molar-refractivity contribution < 1.29 is 18.1 Å². The summed E-state index contributed by atoms with van der Waals surface area (Å²) in [7, 11) is -0.197. The first-order valence-corrected chi connectivity index (χ1v) is 11.3. The number of hydrogen-bond donors (Lipinski definition) is 4. The summed E-state index contributed by atoms with van der Waals surface area (Å²) >= 11 is 6.15. The number of ether oxygens (including phenoxy) is 1. The number of anilines is 2. The third-order valence-electron chi connectivity index (χ3n) is 4.25. The standard InChI is InChI=1S/C19H21ClFN7O3S/c1-10(25-19(29)31-2)8-23-18-22-5-4-14(26-18)13-9-24-27-17(13)12-6-11(20)7-15(16(12)21)28-32(3)30/h4-7,9-10,28H,8H2,1-3H3,(H,24,27)(H,25,29)(H,22,23,26)/t10-,32?/m0/s1. The number of hydrogen-bond acceptors (Lipinski definition) is 7. The van der Waals surface area contributed by atoms with Gasteiger partial charge < -0.3 is 20.1 Å². The summed E-state index contributed by atoms with van der Waals surface area (Å²) in [5.74, 6) is -0.325. The highest BCUT2D eigenvalue weighted by atomic mass is 35.5. The number of rotatable bonds is 8. The molecule has 1 amide bonds. The van der Waals surface area contributed by atoms with Gasteiger partial charge in [-0.15, -0.1) is 0 Å². The third-order valence-corrected chi connectivity index (χ3v) is 4.97. The number of carbonyl (C=O) groups excluding carboxylic acids is 1. The molecule has 13 heteroatoms. The van der Waals surface area contributed by atoms with Crippen molar-refractivity contribution in [3.63, 3.8) is 0 Å². The highest BCUT2D eigenvalue weighted by molar-refractivity contribution is 7.85. The monoisotopic (exact) mass is 481 g/mol. The molecule has 2 atom stereocenters. The van der Waals surface area contributed by atoms with E-state index in [4.69, 9.17) is 11.6 Å². The van der Waals surface area contributed by atoms with Gasteiger partial charge in [-0.05, 0) is 25.1 Å². The smallest absolute Gasteiger partial charge is 0.407 e. The minimum Gasteiger partial charge on any atom is -0.453 e. The van der Waals surface area contributed by atoms with E-state index >= 15 is 4.39 Å². The highest BCUT2D eigenvalue weighted by Gasteiger charge is 2.19. The van der Waals surface area contributed by atoms with Crippen LogP contribution in [0.3, 0.4) is 0 Å². The summed E-state index contributed by atoms with van der Waals surface area (Å²) < 4.78 is 33.7. The summed E-state index contributed by atoms with van der Waals surface area (Å²) in [4.78, 5) is 19.9. The largest absolute Gasteiger partial charge is 0.453 e. The Balaban J connectivity index is 1.88. The molecule has 3 aromatic rings. The van der Waals surface area contributed by atoms with Crippen molar-refractivity contribution in [3.05, 3.63) is 41.4 Å². The molecule has 4 N–H and O–H groups in total. The molecule has 0 fully saturated rings. The van der Waals surface area contributed by atoms with Gasteiger partial charge in [0.2, 0.25) is 5.95 Å². The van der Waals surface area contributed by atoms with Crippen LogP contribution in [0.25, 0.3) is 22.5 Å². The molecule has 1 unspecified atom stereocenters. The van der Waals surface area contributed by atoms with Crippen LogP contribution >= 0.6 is 11.6 Å². The molecule has 0 saturated carbocycles. The fraction of sp³-hybridized carbons (Fsp3) is 0.263. The van der Waals surface area contributed by atoms with Gasteiger partial charge in [0, 0.05) is 41.2 Å². The van der Waals surface area contributed by atoms with Crippen molar-refractivity contribution in [2.24, 2.45) is 0 Å². The lowest BCUT2D eigenvalue weighted by atomic mass is 10.0. The van der Waals surface area contributed by atoms with Crippen LogP contribution in [0.1, 0.15) is 6.92 Å². The van der Waals surface area contributed by atoms with E-state index in [-0.39, 0.29) is 22.3 Å². The second kappa shape index (κ2) is 10.4. The lowest BCUT2D eigenvalue weighted by Crippen LogP contribution is -2.37. The van der Waals surface area contributed by atoms with Crippen molar-refractivity contribution in [1.29, 1.82) is 0 Å². The first kappa shape index (κ1) is 23.4. The molecule has 0 saturated heterocycles. The number of aromatic nitrogens is 4. The van der Waals surface area contributed by atoms with Crippen LogP contribution in [0.4, 0.5) is 20.8 Å². The molecule has 0 spiro atoms. The van der Waals surface area contributed by atoms with Gasteiger partial charge in [-0.1, -0.05) is 11.6 Å². The van der Waals surface area contributed by atoms with Crippen molar-refractivity contribution in [3.8, 4) is 22.5 Å². The predicted octanol–water partition coefficient (Wildman–Crippen LogP) is 3.19. The number of aromatic amines is 1. The maximum absolute atomic E-state index is 15.1. The molecule has 170 valence electrons. The van der Waals surface area contributed by atoms with Crippen LogP contribution < -0.4 is 15.4 Å². The van der Waals surface area contributed by atoms with Gasteiger partial charge in [0.15, 0.2) is 5.82 Å². The Labute approximate surface area is 190 Å². The number of methoxy groups -OCH3 is 1. The second-order valence-corrected chi connectivity index (χ2v) is 8.26. The van der Waals surface area contributed by atoms with Crippen molar-refractivity contribution >= 4 is 40.3 Å². The molecule has 1 aromatic carbocycles. The Kier molecular flexibility index (Phi) is 7.59. The molecule has 0 radical (unpaired) electrons. The van der Waals surface area contributed by atoms with E-state index in [1.165, 1.54) is 31.7 Å². The summed E-state index contributed by atoms with van der Waals surface area (Å²) in [6, 6.07) is 4.21. The van der Waals surface area contributed by atoms with Crippen LogP contribution in [0.15, 0.2) is 30.6 Å². The van der Waals surface area contributed by atoms with E-state index in [1.54, 1.807) is 19.2 Å². The minimum absolute atomic E-state index is 0.00557. The minimum atomic E-state index is -1.48. The molecule has 32 heavy (non-hydrogen) atoms. The fourth-order valence-corrected chi connectivity index (χ4v) is 3.51. The van der Waals surface area contributed by atoms with E-state index in [1.807, 2.05) is 0 Å². The average molecular weight is 482 g/mol. The first-order valence-electron chi connectivity index (χ1n) is 9.33. The van der Waals surface area contributed by atoms with E-state index in [2.05, 4.69) is 40.3 Å². The number of alkyl carbamates (subject to hydrolysis) is 1. The number of H-pyrrole nitrogens is 1. The zero-order valence-electron chi connectivity index (χ0n) is 17.4. The predicted molar refractivity (Wildman–Crippen MR) is 121 cm³/mol. The van der Waals surface area contributed by atoms with Crippen LogP contribution in [-0.2, 0) is 15.7 Å². The molecular formula is C19H21ClFN7O3S. The van der Waals surface area contributed by atoms with Crippen molar-refractivity contribution in [2.75, 3.05) is 29.9 Å². The Hall–Kier alpha value is -3.25. The zero-order chi connectivity index (χ0) is 23.3. The van der Waals surface area contributed by atoms with Gasteiger partial charge in [0.1, 0.15) is 11.0 Å². The summed E-state index contributed by atoms with van der Waals surface area (Å²) in [6.07, 6.45) is 3.90. The van der Waals surface area contributed by atoms with Gasteiger partial charge in [0.05, 0.1) is 30.4 Å². The van der Waals surface area contributed by atoms with Crippen molar-refractivity contribution in [2.45, 2.75) is 13.0 Å². The number of amides is 1. The Bertz CT molecular complexity index is 1140. The summed E-state index contributed by atoms with van der Waals surface area (Å²) in [5, 5.41) is 12.7. The summed E-state index contributed by atoms with van der Waals surface area (Å²) in [5.41, 5.74) is 1.49. The van der Waals surface area contributed by atoms with Crippen molar-refractivity contribution in [1.82, 2.24) is 25.5 Å². The molecule has 0 aliphatic rings. The molecule has 0 aliphatic heterocycles. The van der Waals surface area contributed by atoms with Crippen LogP contribution in [0, 0.1) is 5.82 Å². The van der Waals surface area contributed by atoms with Crippen LogP contribution in [-0.4, -0.2) is 56.4 Å². The molecule has 3 rings (SSSR count). The Morgan fingerprint density at radius 3 is 2.88 bits per heavy atom. The number of benzene rings is 1. The molecule has 0 bridgehead atoms. The second-order valence-electron chi connectivity index (χ2n) is 6.71. The van der Waals surface area contributed by atoms with E-state index in [0.29, 0.717) is 29.4 Å². The maximum Gasteiger partial charge on any atom is 0.407 e. The van der Waals surface area contributed by atoms with E-state index in [0.717, 1.165) is 0 Å². The number of nitrogens with one attached hydrogen (secondary N) is 4. The van der Waals surface area contributed by atoms with E-state index in [9.17, 15) is 9.00 Å². The van der Waals surface area contributed by atoms with Gasteiger partial charge >= 0.3 is 6.09 Å². The molecule has 0 aliphatic carbocycles. The van der Waals surface area contributed by atoms with Crippen LogP contribution in [0.5, 0.6) is 0 Å². The number of halogens is 2. The molecule has 2 heterocycles. The topological polar surface area (TPSA) is 134 Å². The normalized spacial score (nSPS) is 12.7. The molecular weight excluding hydrogens is 461 g/mol. The summed E-state index contributed by atoms with van der Waals surface area (Å²) in [6.45, 7) is 2.14. The fourth-order valence-electron chi connectivity index (χ4n) is 2.84. The number of nitrogens with zero attached hydrogens (tertiary/aromatic N) is 3. The quantitative estimate of drug-likeness (QED) is 0.388. The maximum atomic E-state index is 15.1. The lowest BCUT2D eigenvalue weighted by Gasteiger charge is -2.14. The molecule has 2 aromatic heterocycles. The van der Waals surface area contributed by atoms with Gasteiger partial charge in [-0.3, -0.25) is 5.10 Å². The SMILES string of the molecule is COC(=O)N[C@@H](C)CNc1nccc(-c2cn[nH]c2-c2cc(Cl)cc(NS(C)=O)c2F)n1. The van der Waals surface area contributed by atoms with E-state index < -0.39 is 22.9 Å². The van der Waals surface area contributed by atoms with Crippen LogP contribution in [0.2, 0.25) is 5.02 Å². The molecule has 10 nitrogen and oxygen atoms in total.